The average molecular weight is 538 g/mol. The molecule has 0 aliphatic carbocycles. The molecule has 0 fully saturated rings. The van der Waals surface area contributed by atoms with Gasteiger partial charge in [0.15, 0.2) is 0 Å². The molecule has 0 saturated heterocycles. The van der Waals surface area contributed by atoms with Gasteiger partial charge in [-0.05, 0) is 41.9 Å². The summed E-state index contributed by atoms with van der Waals surface area (Å²) >= 11 is 2.57. The maximum atomic E-state index is 6.58. The van der Waals surface area contributed by atoms with E-state index in [0.717, 1.165) is 14.3 Å². The first-order valence-corrected chi connectivity index (χ1v) is 14.1. The van der Waals surface area contributed by atoms with Gasteiger partial charge in [0, 0.05) is 14.9 Å². The lowest BCUT2D eigenvalue weighted by atomic mass is 9.80. The third kappa shape index (κ3) is 6.70. The van der Waals surface area contributed by atoms with Crippen LogP contribution >= 0.6 is 31.2 Å². The fourth-order valence-electron chi connectivity index (χ4n) is 4.10. The molecule has 0 saturated carbocycles. The lowest BCUT2D eigenvalue weighted by Gasteiger charge is -2.37. The highest BCUT2D eigenvalue weighted by Gasteiger charge is 2.34. The predicted molar refractivity (Wildman–Crippen MR) is 144 cm³/mol. The SMILES string of the molecule is CCCCCC(CC)(PCI)c1cc(C(C)(C)C)cc(C)c1OCc1ccccc1. The highest BCUT2D eigenvalue weighted by molar-refractivity contribution is 14.1. The Bertz CT molecular complexity index is 781. The van der Waals surface area contributed by atoms with Crippen LogP contribution in [0.3, 0.4) is 0 Å². The Labute approximate surface area is 200 Å². The lowest BCUT2D eigenvalue weighted by molar-refractivity contribution is 0.295. The Balaban J connectivity index is 2.56. The van der Waals surface area contributed by atoms with Crippen LogP contribution in [0.4, 0.5) is 0 Å². The van der Waals surface area contributed by atoms with E-state index in [1.807, 2.05) is 0 Å². The molecule has 0 aliphatic heterocycles. The molecule has 2 atom stereocenters. The number of aryl methyl sites for hydroxylation is 1. The second-order valence-electron chi connectivity index (χ2n) is 9.40. The molecule has 2 rings (SSSR count). The van der Waals surface area contributed by atoms with Crippen molar-refractivity contribution in [3.8, 4) is 5.75 Å². The minimum absolute atomic E-state index is 0.133. The summed E-state index contributed by atoms with van der Waals surface area (Å²) in [5.41, 5.74) is 5.52. The Morgan fingerprint density at radius 1 is 1.00 bits per heavy atom. The van der Waals surface area contributed by atoms with Gasteiger partial charge in [-0.25, -0.2) is 0 Å². The van der Waals surface area contributed by atoms with Crippen LogP contribution in [0.15, 0.2) is 42.5 Å². The summed E-state index contributed by atoms with van der Waals surface area (Å²) in [5, 5.41) is 0.217. The van der Waals surface area contributed by atoms with Crippen molar-refractivity contribution in [2.24, 2.45) is 0 Å². The van der Waals surface area contributed by atoms with Gasteiger partial charge in [0.1, 0.15) is 12.4 Å². The molecule has 1 nitrogen and oxygen atoms in total. The van der Waals surface area contributed by atoms with Crippen molar-refractivity contribution in [2.45, 2.75) is 90.8 Å². The van der Waals surface area contributed by atoms with Gasteiger partial charge in [0.05, 0.1) is 0 Å². The normalized spacial score (nSPS) is 14.2. The predicted octanol–water partition coefficient (Wildman–Crippen LogP) is 9.13. The maximum absolute atomic E-state index is 6.58. The molecule has 3 heteroatoms. The number of alkyl halides is 1. The van der Waals surface area contributed by atoms with Gasteiger partial charge in [-0.2, -0.15) is 0 Å². The second kappa shape index (κ2) is 11.9. The quantitative estimate of drug-likeness (QED) is 0.120. The van der Waals surface area contributed by atoms with Gasteiger partial charge in [0.2, 0.25) is 0 Å². The van der Waals surface area contributed by atoms with E-state index in [2.05, 4.69) is 107 Å². The zero-order valence-corrected chi connectivity index (χ0v) is 22.9. The Morgan fingerprint density at radius 3 is 2.27 bits per heavy atom. The second-order valence-corrected chi connectivity index (χ2v) is 13.3. The Morgan fingerprint density at radius 2 is 1.70 bits per heavy atom. The van der Waals surface area contributed by atoms with Crippen molar-refractivity contribution in [2.75, 3.05) is 4.17 Å². The highest BCUT2D eigenvalue weighted by atomic mass is 127. The number of benzene rings is 2. The minimum atomic E-state index is 0.133. The molecule has 2 unspecified atom stereocenters. The van der Waals surface area contributed by atoms with Gasteiger partial charge in [0.25, 0.3) is 0 Å². The molecule has 0 heterocycles. The van der Waals surface area contributed by atoms with Crippen LogP contribution in [0.5, 0.6) is 5.75 Å². The van der Waals surface area contributed by atoms with Crippen LogP contribution in [0.2, 0.25) is 0 Å². The van der Waals surface area contributed by atoms with Crippen LogP contribution in [0, 0.1) is 6.92 Å². The van der Waals surface area contributed by atoms with E-state index in [1.165, 1.54) is 58.5 Å². The van der Waals surface area contributed by atoms with Crippen LogP contribution in [0.1, 0.15) is 89.0 Å². The van der Waals surface area contributed by atoms with Crippen LogP contribution in [-0.2, 0) is 17.2 Å². The zero-order chi connectivity index (χ0) is 22.2. The summed E-state index contributed by atoms with van der Waals surface area (Å²) < 4.78 is 7.79. The summed E-state index contributed by atoms with van der Waals surface area (Å²) in [6, 6.07) is 15.4. The Kier molecular flexibility index (Phi) is 10.1. The summed E-state index contributed by atoms with van der Waals surface area (Å²) in [7, 11) is 0.915. The first-order valence-electron chi connectivity index (χ1n) is 11.4. The van der Waals surface area contributed by atoms with Crippen molar-refractivity contribution in [3.63, 3.8) is 0 Å². The van der Waals surface area contributed by atoms with Crippen molar-refractivity contribution in [1.82, 2.24) is 0 Å². The summed E-state index contributed by atoms with van der Waals surface area (Å²) in [4.78, 5) is 0. The van der Waals surface area contributed by atoms with Gasteiger partial charge in [-0.3, -0.25) is 0 Å². The Hall–Kier alpha value is -0.600. The molecular weight excluding hydrogens is 498 g/mol. The summed E-state index contributed by atoms with van der Waals surface area (Å²) in [5.74, 6) is 1.13. The molecule has 0 radical (unpaired) electrons. The first kappa shape index (κ1) is 25.7. The topological polar surface area (TPSA) is 9.23 Å². The maximum Gasteiger partial charge on any atom is 0.126 e. The van der Waals surface area contributed by atoms with Crippen molar-refractivity contribution < 1.29 is 4.74 Å². The molecule has 0 aromatic heterocycles. The smallest absolute Gasteiger partial charge is 0.126 e. The number of halogens is 1. The largest absolute Gasteiger partial charge is 0.488 e. The lowest BCUT2D eigenvalue weighted by Crippen LogP contribution is -2.23. The van der Waals surface area contributed by atoms with Gasteiger partial charge in [-0.15, -0.1) is 8.58 Å². The third-order valence-electron chi connectivity index (χ3n) is 6.10. The number of ether oxygens (including phenoxy) is 1. The van der Waals surface area contributed by atoms with E-state index in [-0.39, 0.29) is 10.6 Å². The van der Waals surface area contributed by atoms with E-state index in [0.29, 0.717) is 6.61 Å². The third-order valence-corrected chi connectivity index (χ3v) is 8.93. The van der Waals surface area contributed by atoms with Crippen molar-refractivity contribution in [3.05, 3.63) is 64.7 Å². The fourth-order valence-corrected chi connectivity index (χ4v) is 7.52. The zero-order valence-electron chi connectivity index (χ0n) is 19.8. The molecule has 2 aromatic carbocycles. The summed E-state index contributed by atoms with van der Waals surface area (Å²) in [6.07, 6.45) is 6.31. The van der Waals surface area contributed by atoms with Crippen molar-refractivity contribution >= 4 is 31.2 Å². The molecule has 0 bridgehead atoms. The number of hydrogen-bond acceptors (Lipinski definition) is 1. The number of rotatable bonds is 11. The number of hydrogen-bond donors (Lipinski definition) is 0. The van der Waals surface area contributed by atoms with Gasteiger partial charge in [-0.1, -0.05) is 119 Å². The van der Waals surface area contributed by atoms with Crippen LogP contribution in [-0.4, -0.2) is 4.17 Å². The average Bonchev–Trinajstić information content (AvgIpc) is 2.72. The summed E-state index contributed by atoms with van der Waals surface area (Å²) in [6.45, 7) is 14.5. The molecule has 2 aromatic rings. The molecule has 30 heavy (non-hydrogen) atoms. The van der Waals surface area contributed by atoms with Gasteiger partial charge >= 0.3 is 0 Å². The van der Waals surface area contributed by atoms with Crippen LogP contribution < -0.4 is 4.74 Å². The van der Waals surface area contributed by atoms with E-state index in [4.69, 9.17) is 4.74 Å². The molecule has 166 valence electrons. The molecular formula is C27H40IOP. The van der Waals surface area contributed by atoms with E-state index in [9.17, 15) is 0 Å². The minimum Gasteiger partial charge on any atom is -0.488 e. The monoisotopic (exact) mass is 538 g/mol. The molecule has 0 aliphatic rings. The van der Waals surface area contributed by atoms with Crippen molar-refractivity contribution in [1.29, 1.82) is 0 Å². The standard InChI is InChI=1S/C27H40IOP/c1-7-9-13-16-27(8-2,30-20-28)24-18-23(26(4,5)6)17-21(3)25(24)29-19-22-14-11-10-12-15-22/h10-12,14-15,17-18,30H,7-9,13,16,19-20H2,1-6H3. The molecule has 0 amide bonds. The first-order chi connectivity index (χ1) is 14.3. The van der Waals surface area contributed by atoms with Crippen LogP contribution in [0.25, 0.3) is 0 Å². The molecule has 0 spiro atoms. The fraction of sp³-hybridized carbons (Fsp3) is 0.556. The number of unbranched alkanes of at least 4 members (excludes halogenated alkanes) is 2. The van der Waals surface area contributed by atoms with E-state index >= 15 is 0 Å². The van der Waals surface area contributed by atoms with E-state index < -0.39 is 0 Å². The highest BCUT2D eigenvalue weighted by Crippen LogP contribution is 2.53. The van der Waals surface area contributed by atoms with E-state index in [1.54, 1.807) is 0 Å². The molecule has 0 N–H and O–H groups in total. The van der Waals surface area contributed by atoms with Gasteiger partial charge < -0.3 is 4.74 Å².